The molecule has 7 heteroatoms. The number of fused-ring (bicyclic) bond motifs is 1. The molecule has 1 aliphatic heterocycles. The number of anilines is 1. The number of hydrogen-bond donors (Lipinski definition) is 0. The van der Waals surface area contributed by atoms with Gasteiger partial charge in [0.15, 0.2) is 12.1 Å². The Morgan fingerprint density at radius 3 is 2.55 bits per heavy atom. The lowest BCUT2D eigenvalue weighted by Crippen LogP contribution is -2.46. The summed E-state index contributed by atoms with van der Waals surface area (Å²) in [7, 11) is 1.40. The van der Waals surface area contributed by atoms with E-state index in [2.05, 4.69) is 0 Å². The molecule has 6 nitrogen and oxygen atoms in total. The molecule has 1 saturated heterocycles. The lowest BCUT2D eigenvalue weighted by atomic mass is 10.1. The topological polar surface area (TPSA) is 64.7 Å². The zero-order valence-corrected chi connectivity index (χ0v) is 12.6. The number of nitrogens with zero attached hydrogens (tertiary/aromatic N) is 2. The van der Waals surface area contributed by atoms with Crippen molar-refractivity contribution in [2.24, 2.45) is 7.05 Å². The largest absolute Gasteiger partial charge is 0.373 e. The van der Waals surface area contributed by atoms with Gasteiger partial charge >= 0.3 is 0 Å². The van der Waals surface area contributed by atoms with Crippen molar-refractivity contribution >= 4 is 22.9 Å². The molecule has 22 heavy (non-hydrogen) atoms. The molecule has 0 bridgehead atoms. The molecule has 1 aliphatic rings. The summed E-state index contributed by atoms with van der Waals surface area (Å²) in [5.41, 5.74) is -0.282. The normalized spacial score (nSPS) is 22.3. The highest BCUT2D eigenvalue weighted by molar-refractivity contribution is 5.94. The van der Waals surface area contributed by atoms with Gasteiger partial charge in [0.05, 0.1) is 23.3 Å². The fourth-order valence-electron chi connectivity index (χ4n) is 3.01. The number of rotatable bonds is 2. The van der Waals surface area contributed by atoms with E-state index in [9.17, 15) is 14.0 Å². The van der Waals surface area contributed by atoms with Crippen LogP contribution in [0.25, 0.3) is 11.0 Å². The summed E-state index contributed by atoms with van der Waals surface area (Å²) < 4.78 is 26.6. The molecular formula is C15H17FN2O4. The Balaban J connectivity index is 2.22. The molecule has 3 rings (SSSR count). The van der Waals surface area contributed by atoms with Gasteiger partial charge in [0, 0.05) is 25.7 Å². The van der Waals surface area contributed by atoms with Crippen molar-refractivity contribution in [3.8, 4) is 0 Å². The second kappa shape index (κ2) is 5.24. The first-order chi connectivity index (χ1) is 10.4. The van der Waals surface area contributed by atoms with Gasteiger partial charge in [0.2, 0.25) is 5.58 Å². The van der Waals surface area contributed by atoms with Crippen molar-refractivity contribution in [1.82, 2.24) is 4.74 Å². The third-order valence-electron chi connectivity index (χ3n) is 3.83. The molecule has 1 aromatic heterocycles. The molecule has 0 amide bonds. The fourth-order valence-corrected chi connectivity index (χ4v) is 3.01. The number of halogens is 1. The van der Waals surface area contributed by atoms with E-state index in [1.807, 2.05) is 13.8 Å². The van der Waals surface area contributed by atoms with Gasteiger partial charge in [0.25, 0.3) is 5.56 Å². The van der Waals surface area contributed by atoms with E-state index >= 15 is 0 Å². The maximum Gasteiger partial charge on any atom is 0.290 e. The van der Waals surface area contributed by atoms with Crippen LogP contribution in [0.2, 0.25) is 0 Å². The Bertz CT molecular complexity index is 785. The summed E-state index contributed by atoms with van der Waals surface area (Å²) in [4.78, 5) is 25.0. The molecule has 2 atom stereocenters. The molecule has 0 spiro atoms. The minimum Gasteiger partial charge on any atom is -0.373 e. The SMILES string of the molecule is C[C@@H]1CN(c2c(C=O)cc3c(=O)n(C)oc3c2F)C[C@H](C)O1. The molecule has 0 N–H and O–H groups in total. The summed E-state index contributed by atoms with van der Waals surface area (Å²) in [6, 6.07) is 1.39. The van der Waals surface area contributed by atoms with Crippen LogP contribution in [0.4, 0.5) is 10.1 Å². The number of aryl methyl sites for hydroxylation is 1. The first-order valence-corrected chi connectivity index (χ1v) is 7.10. The minimum atomic E-state index is -0.682. The van der Waals surface area contributed by atoms with Crippen LogP contribution in [0.3, 0.4) is 0 Å². The van der Waals surface area contributed by atoms with E-state index in [4.69, 9.17) is 9.26 Å². The van der Waals surface area contributed by atoms with Crippen molar-refractivity contribution in [3.05, 3.63) is 27.8 Å². The van der Waals surface area contributed by atoms with Crippen molar-refractivity contribution < 1.29 is 18.4 Å². The predicted octanol–water partition coefficient (Wildman–Crippen LogP) is 1.70. The number of benzene rings is 1. The first kappa shape index (κ1) is 14.8. The zero-order chi connectivity index (χ0) is 16.0. The average molecular weight is 308 g/mol. The number of hydrogen-bond acceptors (Lipinski definition) is 5. The lowest BCUT2D eigenvalue weighted by Gasteiger charge is -2.37. The van der Waals surface area contributed by atoms with E-state index in [-0.39, 0.29) is 34.4 Å². The summed E-state index contributed by atoms with van der Waals surface area (Å²) in [6.45, 7) is 4.71. The Labute approximate surface area is 126 Å². The molecule has 2 heterocycles. The van der Waals surface area contributed by atoms with Gasteiger partial charge in [-0.1, -0.05) is 0 Å². The van der Waals surface area contributed by atoms with Crippen LogP contribution in [-0.4, -0.2) is 36.3 Å². The maximum absolute atomic E-state index is 14.9. The van der Waals surface area contributed by atoms with E-state index < -0.39 is 11.4 Å². The average Bonchev–Trinajstić information content (AvgIpc) is 2.74. The van der Waals surface area contributed by atoms with Crippen LogP contribution in [0.1, 0.15) is 24.2 Å². The monoisotopic (exact) mass is 308 g/mol. The first-order valence-electron chi connectivity index (χ1n) is 7.10. The molecule has 0 unspecified atom stereocenters. The van der Waals surface area contributed by atoms with Crippen LogP contribution in [-0.2, 0) is 11.8 Å². The maximum atomic E-state index is 14.9. The minimum absolute atomic E-state index is 0.0696. The Morgan fingerprint density at radius 1 is 1.32 bits per heavy atom. The number of aromatic nitrogens is 1. The molecule has 2 aromatic rings. The summed E-state index contributed by atoms with van der Waals surface area (Å²) in [6.07, 6.45) is 0.400. The smallest absolute Gasteiger partial charge is 0.290 e. The van der Waals surface area contributed by atoms with Crippen molar-refractivity contribution in [1.29, 1.82) is 0 Å². The van der Waals surface area contributed by atoms with Gasteiger partial charge in [-0.3, -0.25) is 9.59 Å². The summed E-state index contributed by atoms with van der Waals surface area (Å²) in [5, 5.41) is 0.0696. The molecule has 0 radical (unpaired) electrons. The summed E-state index contributed by atoms with van der Waals surface area (Å²) >= 11 is 0. The van der Waals surface area contributed by atoms with E-state index in [0.717, 1.165) is 4.74 Å². The van der Waals surface area contributed by atoms with Crippen LogP contribution in [0.15, 0.2) is 15.4 Å². The van der Waals surface area contributed by atoms with Crippen LogP contribution in [0, 0.1) is 5.82 Å². The molecule has 118 valence electrons. The highest BCUT2D eigenvalue weighted by Crippen LogP contribution is 2.31. The third-order valence-corrected chi connectivity index (χ3v) is 3.83. The van der Waals surface area contributed by atoms with Crippen LogP contribution >= 0.6 is 0 Å². The van der Waals surface area contributed by atoms with Gasteiger partial charge in [-0.05, 0) is 19.9 Å². The van der Waals surface area contributed by atoms with Crippen LogP contribution < -0.4 is 10.5 Å². The number of morpholine rings is 1. The molecular weight excluding hydrogens is 291 g/mol. The summed E-state index contributed by atoms with van der Waals surface area (Å²) in [5.74, 6) is -0.682. The van der Waals surface area contributed by atoms with E-state index in [0.29, 0.717) is 19.4 Å². The van der Waals surface area contributed by atoms with E-state index in [1.165, 1.54) is 13.1 Å². The van der Waals surface area contributed by atoms with Gasteiger partial charge < -0.3 is 14.2 Å². The highest BCUT2D eigenvalue weighted by Gasteiger charge is 2.29. The van der Waals surface area contributed by atoms with Gasteiger partial charge in [-0.25, -0.2) is 4.39 Å². The van der Waals surface area contributed by atoms with Gasteiger partial charge in [-0.2, -0.15) is 4.74 Å². The third kappa shape index (κ3) is 2.21. The molecule has 0 aliphatic carbocycles. The number of aldehydes is 1. The van der Waals surface area contributed by atoms with Crippen molar-refractivity contribution in [3.63, 3.8) is 0 Å². The van der Waals surface area contributed by atoms with Crippen molar-refractivity contribution in [2.45, 2.75) is 26.1 Å². The van der Waals surface area contributed by atoms with Gasteiger partial charge in [0.1, 0.15) is 0 Å². The number of ether oxygens (including phenoxy) is 1. The molecule has 0 saturated carbocycles. The Hall–Kier alpha value is -2.15. The van der Waals surface area contributed by atoms with Crippen molar-refractivity contribution in [2.75, 3.05) is 18.0 Å². The highest BCUT2D eigenvalue weighted by atomic mass is 19.1. The van der Waals surface area contributed by atoms with Gasteiger partial charge in [-0.15, -0.1) is 0 Å². The van der Waals surface area contributed by atoms with Crippen LogP contribution in [0.5, 0.6) is 0 Å². The molecule has 1 fully saturated rings. The second-order valence-corrected chi connectivity index (χ2v) is 5.68. The zero-order valence-electron chi connectivity index (χ0n) is 12.6. The Kier molecular flexibility index (Phi) is 3.52. The predicted molar refractivity (Wildman–Crippen MR) is 79.0 cm³/mol. The standard InChI is InChI=1S/C15H17FN2O4/c1-8-5-18(6-9(2)21-8)13-10(7-19)4-11-14(12(13)16)22-17(3)15(11)20/h4,7-9H,5-6H2,1-3H3/t8-,9+. The number of carbonyl (C=O) groups is 1. The Morgan fingerprint density at radius 2 is 1.95 bits per heavy atom. The molecule has 1 aromatic carbocycles. The quantitative estimate of drug-likeness (QED) is 0.790. The lowest BCUT2D eigenvalue weighted by molar-refractivity contribution is -0.00543. The fraction of sp³-hybridized carbons (Fsp3) is 0.467. The number of carbonyl (C=O) groups excluding carboxylic acids is 1. The second-order valence-electron chi connectivity index (χ2n) is 5.68. The van der Waals surface area contributed by atoms with E-state index in [1.54, 1.807) is 4.90 Å².